The van der Waals surface area contributed by atoms with Gasteiger partial charge in [-0.15, -0.1) is 23.5 Å². The third kappa shape index (κ3) is 2.19. The number of carboxylic acids is 1. The first-order valence-corrected chi connectivity index (χ1v) is 7.98. The zero-order valence-electron chi connectivity index (χ0n) is 10.9. The van der Waals surface area contributed by atoms with Gasteiger partial charge in [0.15, 0.2) is 4.87 Å². The van der Waals surface area contributed by atoms with Gasteiger partial charge in [0.2, 0.25) is 0 Å². The summed E-state index contributed by atoms with van der Waals surface area (Å²) in [6.07, 6.45) is 1.72. The monoisotopic (exact) mass is 318 g/mol. The van der Waals surface area contributed by atoms with Gasteiger partial charge in [0.25, 0.3) is 5.91 Å². The number of aliphatic carboxylic acids is 1. The van der Waals surface area contributed by atoms with Crippen LogP contribution in [0.1, 0.15) is 6.92 Å². The summed E-state index contributed by atoms with van der Waals surface area (Å²) >= 11 is 2.58. The van der Waals surface area contributed by atoms with Crippen molar-refractivity contribution in [1.29, 1.82) is 0 Å². The number of rotatable bonds is 4. The van der Waals surface area contributed by atoms with Crippen LogP contribution in [0.5, 0.6) is 0 Å². The fraction of sp³-hybridized carbons (Fsp3) is 0.545. The average molecular weight is 318 g/mol. The molecular formula is C11H14N2O5S2. The van der Waals surface area contributed by atoms with Crippen LogP contribution in [0.3, 0.4) is 0 Å². The lowest BCUT2D eigenvalue weighted by Crippen LogP contribution is -2.76. The van der Waals surface area contributed by atoms with Crippen molar-refractivity contribution in [1.82, 2.24) is 4.90 Å². The second-order valence-corrected chi connectivity index (χ2v) is 6.53. The summed E-state index contributed by atoms with van der Waals surface area (Å²) in [5.74, 6) is -1.78. The zero-order valence-corrected chi connectivity index (χ0v) is 12.5. The Morgan fingerprint density at radius 2 is 2.30 bits per heavy atom. The quantitative estimate of drug-likeness (QED) is 0.417. The topological polar surface area (TPSA) is 110 Å². The number of amides is 1. The molecule has 1 amide bonds. The fourth-order valence-electron chi connectivity index (χ4n) is 2.10. The highest BCUT2D eigenvalue weighted by Gasteiger charge is 2.62. The van der Waals surface area contributed by atoms with Gasteiger partial charge in [-0.1, -0.05) is 0 Å². The van der Waals surface area contributed by atoms with Crippen LogP contribution in [0.15, 0.2) is 11.3 Å². The normalized spacial score (nSPS) is 28.9. The number of nitrogens with zero attached hydrogens (tertiary/aromatic N) is 1. The predicted molar refractivity (Wildman–Crippen MR) is 74.8 cm³/mol. The number of nitrogens with two attached hydrogens (primary N) is 1. The van der Waals surface area contributed by atoms with Crippen LogP contribution in [0, 0.1) is 0 Å². The first kappa shape index (κ1) is 15.2. The van der Waals surface area contributed by atoms with E-state index in [1.807, 2.05) is 0 Å². The minimum absolute atomic E-state index is 0.116. The minimum Gasteiger partial charge on any atom is -0.477 e. The van der Waals surface area contributed by atoms with E-state index in [1.165, 1.54) is 35.3 Å². The molecule has 0 aromatic carbocycles. The number of hydrogen-bond acceptors (Lipinski definition) is 7. The number of ether oxygens (including phenoxy) is 1. The molecule has 0 radical (unpaired) electrons. The third-order valence-corrected chi connectivity index (χ3v) is 5.77. The van der Waals surface area contributed by atoms with E-state index >= 15 is 0 Å². The molecule has 0 aromatic rings. The van der Waals surface area contributed by atoms with E-state index in [2.05, 4.69) is 0 Å². The Balaban J connectivity index is 2.31. The number of esters is 1. The van der Waals surface area contributed by atoms with Crippen LogP contribution < -0.4 is 5.73 Å². The molecule has 1 unspecified atom stereocenters. The van der Waals surface area contributed by atoms with Gasteiger partial charge in [0, 0.05) is 18.2 Å². The first-order valence-electron chi connectivity index (χ1n) is 5.71. The maximum atomic E-state index is 12.1. The van der Waals surface area contributed by atoms with Gasteiger partial charge in [-0.05, 0) is 6.26 Å². The zero-order chi connectivity index (χ0) is 15.1. The van der Waals surface area contributed by atoms with Crippen molar-refractivity contribution >= 4 is 41.4 Å². The van der Waals surface area contributed by atoms with Crippen molar-refractivity contribution in [2.75, 3.05) is 18.6 Å². The molecular weight excluding hydrogens is 304 g/mol. The first-order chi connectivity index (χ1) is 9.32. The van der Waals surface area contributed by atoms with Gasteiger partial charge in [-0.3, -0.25) is 14.5 Å². The van der Waals surface area contributed by atoms with Crippen molar-refractivity contribution in [3.8, 4) is 0 Å². The number of hydrogen-bond donors (Lipinski definition) is 2. The van der Waals surface area contributed by atoms with E-state index in [4.69, 9.17) is 10.5 Å². The highest BCUT2D eigenvalue weighted by Crippen LogP contribution is 2.48. The summed E-state index contributed by atoms with van der Waals surface area (Å²) in [6.45, 7) is 1.12. The SMILES string of the molecule is CSC1(N)C(=O)N2C(C(=O)O)=C(COC(C)=O)CS[C@@H]21. The Bertz CT molecular complexity index is 521. The van der Waals surface area contributed by atoms with Crippen molar-refractivity contribution in [3.05, 3.63) is 11.3 Å². The molecule has 20 heavy (non-hydrogen) atoms. The number of carbonyl (C=O) groups excluding carboxylic acids is 2. The number of carboxylic acid groups (broad SMARTS) is 1. The Hall–Kier alpha value is -1.19. The Morgan fingerprint density at radius 3 is 2.80 bits per heavy atom. The molecule has 2 rings (SSSR count). The van der Waals surface area contributed by atoms with Gasteiger partial charge in [0.1, 0.15) is 17.7 Å². The summed E-state index contributed by atoms with van der Waals surface area (Å²) < 4.78 is 4.84. The predicted octanol–water partition coefficient (Wildman–Crippen LogP) is -0.179. The lowest BCUT2D eigenvalue weighted by atomic mass is 10.0. The van der Waals surface area contributed by atoms with E-state index < -0.39 is 28.1 Å². The van der Waals surface area contributed by atoms with E-state index in [0.29, 0.717) is 11.3 Å². The van der Waals surface area contributed by atoms with Gasteiger partial charge < -0.3 is 15.6 Å². The summed E-state index contributed by atoms with van der Waals surface area (Å²) in [6, 6.07) is 0. The molecule has 2 heterocycles. The molecule has 0 aromatic heterocycles. The fourth-order valence-corrected chi connectivity index (χ4v) is 4.45. The molecule has 0 spiro atoms. The molecule has 1 fully saturated rings. The van der Waals surface area contributed by atoms with Gasteiger partial charge in [-0.2, -0.15) is 0 Å². The largest absolute Gasteiger partial charge is 0.477 e. The van der Waals surface area contributed by atoms with Crippen LogP contribution in [-0.4, -0.2) is 56.7 Å². The molecule has 2 aliphatic heterocycles. The number of carbonyl (C=O) groups is 3. The third-order valence-electron chi connectivity index (χ3n) is 3.14. The van der Waals surface area contributed by atoms with E-state index in [9.17, 15) is 19.5 Å². The van der Waals surface area contributed by atoms with Crippen molar-refractivity contribution in [2.45, 2.75) is 17.2 Å². The molecule has 9 heteroatoms. The van der Waals surface area contributed by atoms with Gasteiger partial charge in [-0.25, -0.2) is 4.79 Å². The summed E-state index contributed by atoms with van der Waals surface area (Å²) in [5, 5.41) is 8.90. The van der Waals surface area contributed by atoms with E-state index in [-0.39, 0.29) is 12.3 Å². The second-order valence-electron chi connectivity index (χ2n) is 4.37. The molecule has 0 aliphatic carbocycles. The number of thioether (sulfide) groups is 2. The lowest BCUT2D eigenvalue weighted by molar-refractivity contribution is -0.149. The Labute approximate surface area is 123 Å². The summed E-state index contributed by atoms with van der Waals surface area (Å²) in [7, 11) is 0. The van der Waals surface area contributed by atoms with Crippen molar-refractivity contribution < 1.29 is 24.2 Å². The lowest BCUT2D eigenvalue weighted by Gasteiger charge is -2.54. The maximum Gasteiger partial charge on any atom is 0.352 e. The van der Waals surface area contributed by atoms with Crippen LogP contribution in [-0.2, 0) is 19.1 Å². The smallest absolute Gasteiger partial charge is 0.352 e. The highest BCUT2D eigenvalue weighted by molar-refractivity contribution is 8.04. The molecule has 110 valence electrons. The van der Waals surface area contributed by atoms with Crippen LogP contribution in [0.4, 0.5) is 0 Å². The summed E-state index contributed by atoms with van der Waals surface area (Å²) in [4.78, 5) is 34.4. The van der Waals surface area contributed by atoms with Gasteiger partial charge in [0.05, 0.1) is 0 Å². The van der Waals surface area contributed by atoms with Crippen LogP contribution >= 0.6 is 23.5 Å². The molecule has 7 nitrogen and oxygen atoms in total. The molecule has 2 aliphatic rings. The average Bonchev–Trinajstić information content (AvgIpc) is 2.42. The van der Waals surface area contributed by atoms with Crippen molar-refractivity contribution in [2.24, 2.45) is 5.73 Å². The molecule has 2 atom stereocenters. The highest BCUT2D eigenvalue weighted by atomic mass is 32.2. The second kappa shape index (κ2) is 5.30. The number of β-lactam (4-membered cyclic amide) rings is 1. The molecule has 0 bridgehead atoms. The molecule has 1 saturated heterocycles. The molecule has 0 saturated carbocycles. The minimum atomic E-state index is -1.21. The van der Waals surface area contributed by atoms with Gasteiger partial charge >= 0.3 is 11.9 Å². The maximum absolute atomic E-state index is 12.1. The standard InChI is InChI=1S/C11H14N2O5S2/c1-5(14)18-3-6-4-20-10-11(12,19-2)9(17)13(10)7(6)8(15)16/h10H,3-4,12H2,1-2H3,(H,15,16)/t10-,11?/m1/s1. The van der Waals surface area contributed by atoms with Crippen LogP contribution in [0.25, 0.3) is 0 Å². The Morgan fingerprint density at radius 1 is 1.65 bits per heavy atom. The van der Waals surface area contributed by atoms with Crippen LogP contribution in [0.2, 0.25) is 0 Å². The number of fused-ring (bicyclic) bond motifs is 1. The van der Waals surface area contributed by atoms with Crippen molar-refractivity contribution in [3.63, 3.8) is 0 Å². The molecule has 3 N–H and O–H groups in total. The van der Waals surface area contributed by atoms with E-state index in [1.54, 1.807) is 6.26 Å². The Kier molecular flexibility index (Phi) is 4.03. The van der Waals surface area contributed by atoms with E-state index in [0.717, 1.165) is 0 Å². The summed E-state index contributed by atoms with van der Waals surface area (Å²) in [5.41, 5.74) is 6.27.